The van der Waals surface area contributed by atoms with E-state index >= 15 is 0 Å². The van der Waals surface area contributed by atoms with Crippen LogP contribution in [-0.2, 0) is 28.6 Å². The van der Waals surface area contributed by atoms with Gasteiger partial charge in [-0.05, 0) is 81.6 Å². The molecule has 0 saturated carbocycles. The molecule has 1 aliphatic rings. The van der Waals surface area contributed by atoms with Gasteiger partial charge in [-0.1, -0.05) is 0 Å². The minimum absolute atomic E-state index is 0.0286. The zero-order valence-corrected chi connectivity index (χ0v) is 24.8. The number of nitrogens with two attached hydrogens (primary N) is 2. The van der Waals surface area contributed by atoms with E-state index in [0.29, 0.717) is 0 Å². The van der Waals surface area contributed by atoms with Crippen LogP contribution in [0.5, 0.6) is 0 Å². The van der Waals surface area contributed by atoms with E-state index in [2.05, 4.69) is 5.32 Å². The lowest BCUT2D eigenvalue weighted by atomic mass is 9.83. The van der Waals surface area contributed by atoms with Gasteiger partial charge in [-0.3, -0.25) is 14.4 Å². The first-order valence-electron chi connectivity index (χ1n) is 13.3. The maximum Gasteiger partial charge on any atom is 0.317 e. The van der Waals surface area contributed by atoms with Gasteiger partial charge in [0.25, 0.3) is 0 Å². The normalized spacial score (nSPS) is 18.7. The molecule has 1 heterocycles. The highest BCUT2D eigenvalue weighted by Crippen LogP contribution is 2.29. The largest absolute Gasteiger partial charge is 0.460 e. The molecule has 1 saturated heterocycles. The second-order valence-electron chi connectivity index (χ2n) is 13.2. The minimum atomic E-state index is -1.10. The van der Waals surface area contributed by atoms with E-state index < -0.39 is 46.3 Å². The second kappa shape index (κ2) is 13.1. The summed E-state index contributed by atoms with van der Waals surface area (Å²) in [5.41, 5.74) is 8.88. The number of nitrogens with one attached hydrogen (secondary N) is 1. The summed E-state index contributed by atoms with van der Waals surface area (Å²) in [4.78, 5) is 52.7. The number of nitrogens with zero attached hydrogens (tertiary/aromatic N) is 1. The third-order valence-electron chi connectivity index (χ3n) is 5.75. The number of esters is 3. The van der Waals surface area contributed by atoms with Crippen LogP contribution in [0.25, 0.3) is 0 Å². The van der Waals surface area contributed by atoms with Crippen LogP contribution in [0.15, 0.2) is 0 Å². The maximum absolute atomic E-state index is 13.3. The Bertz CT molecular complexity index is 751. The maximum atomic E-state index is 13.3. The Morgan fingerprint density at radius 1 is 0.658 bits per heavy atom. The fraction of sp³-hybridized carbons (Fsp3) is 0.852. The lowest BCUT2D eigenvalue weighted by molar-refractivity contribution is -0.155. The molecular weight excluding hydrogens is 492 g/mol. The van der Waals surface area contributed by atoms with Crippen molar-refractivity contribution in [1.82, 2.24) is 10.2 Å². The van der Waals surface area contributed by atoms with Crippen molar-refractivity contribution in [2.24, 2.45) is 11.5 Å². The van der Waals surface area contributed by atoms with E-state index in [4.69, 9.17) is 25.7 Å². The van der Waals surface area contributed by atoms with Crippen molar-refractivity contribution >= 4 is 23.9 Å². The molecule has 1 fully saturated rings. The van der Waals surface area contributed by atoms with Crippen LogP contribution in [0.4, 0.5) is 4.79 Å². The molecule has 220 valence electrons. The Balaban J connectivity index is 3.23. The monoisotopic (exact) mass is 542 g/mol. The molecule has 2 atom stereocenters. The summed E-state index contributed by atoms with van der Waals surface area (Å²) in [7, 11) is 0. The van der Waals surface area contributed by atoms with Gasteiger partial charge in [-0.15, -0.1) is 0 Å². The number of amides is 2. The van der Waals surface area contributed by atoms with Gasteiger partial charge in [0.05, 0.1) is 0 Å². The molecule has 0 unspecified atom stereocenters. The minimum Gasteiger partial charge on any atom is -0.460 e. The van der Waals surface area contributed by atoms with E-state index in [0.717, 1.165) is 0 Å². The Morgan fingerprint density at radius 3 is 1.21 bits per heavy atom. The highest BCUT2D eigenvalue weighted by atomic mass is 16.6. The number of carbonyl (C=O) groups excluding carboxylic acids is 4. The van der Waals surface area contributed by atoms with Crippen LogP contribution in [-0.4, -0.2) is 76.4 Å². The molecule has 0 aromatic carbocycles. The van der Waals surface area contributed by atoms with E-state index in [1.165, 1.54) is 4.90 Å². The zero-order chi connectivity index (χ0) is 29.5. The first kappa shape index (κ1) is 33.6. The van der Waals surface area contributed by atoms with Gasteiger partial charge < -0.3 is 35.9 Å². The Labute approximate surface area is 227 Å². The average molecular weight is 543 g/mol. The molecule has 11 heteroatoms. The lowest BCUT2D eigenvalue weighted by Crippen LogP contribution is -2.54. The van der Waals surface area contributed by atoms with Crippen molar-refractivity contribution in [1.29, 1.82) is 0 Å². The molecular formula is C27H50N4O7. The molecule has 2 amide bonds. The first-order valence-corrected chi connectivity index (χ1v) is 13.3. The topological polar surface area (TPSA) is 163 Å². The number of ether oxygens (including phenoxy) is 3. The standard InChI is InChI=1S/C27H50N4O7/c1-24(2,3)36-20(32)10-13-27(14-11-21(33)37-25(4,5)6,15-12-22(34)38-26(7,8)9)30-23(35)31-16-18(28)19(29)17-31/h18-19H,10-17,28-29H2,1-9H3,(H,30,35)/t18-,19-/m1/s1. The lowest BCUT2D eigenvalue weighted by Gasteiger charge is -2.37. The van der Waals surface area contributed by atoms with Gasteiger partial charge in [-0.25, -0.2) is 4.79 Å². The number of hydrogen-bond acceptors (Lipinski definition) is 9. The van der Waals surface area contributed by atoms with E-state index in [-0.39, 0.29) is 63.7 Å². The van der Waals surface area contributed by atoms with Crippen LogP contribution in [0, 0.1) is 0 Å². The average Bonchev–Trinajstić information content (AvgIpc) is 3.04. The molecule has 5 N–H and O–H groups in total. The number of rotatable bonds is 10. The molecule has 11 nitrogen and oxygen atoms in total. The van der Waals surface area contributed by atoms with Crippen LogP contribution < -0.4 is 16.8 Å². The van der Waals surface area contributed by atoms with Gasteiger partial charge in [0, 0.05) is 50.0 Å². The number of likely N-dealkylation sites (tertiary alicyclic amines) is 1. The second-order valence-corrected chi connectivity index (χ2v) is 13.2. The fourth-order valence-electron chi connectivity index (χ4n) is 4.09. The zero-order valence-electron chi connectivity index (χ0n) is 24.8. The highest BCUT2D eigenvalue weighted by molar-refractivity contribution is 5.77. The Kier molecular flexibility index (Phi) is 11.6. The van der Waals surface area contributed by atoms with Gasteiger partial charge in [0.1, 0.15) is 16.8 Å². The predicted molar refractivity (Wildman–Crippen MR) is 144 cm³/mol. The van der Waals surface area contributed by atoms with Crippen molar-refractivity contribution in [3.8, 4) is 0 Å². The Morgan fingerprint density at radius 2 is 0.947 bits per heavy atom. The summed E-state index contributed by atoms with van der Waals surface area (Å²) in [5.74, 6) is -1.34. The van der Waals surface area contributed by atoms with Crippen molar-refractivity contribution in [3.63, 3.8) is 0 Å². The van der Waals surface area contributed by atoms with Gasteiger partial charge in [0.15, 0.2) is 0 Å². The summed E-state index contributed by atoms with van der Waals surface area (Å²) in [6, 6.07) is -1.15. The smallest absolute Gasteiger partial charge is 0.317 e. The van der Waals surface area contributed by atoms with Crippen LogP contribution in [0.3, 0.4) is 0 Å². The molecule has 0 aromatic rings. The van der Waals surface area contributed by atoms with Crippen molar-refractivity contribution in [3.05, 3.63) is 0 Å². The summed E-state index contributed by atoms with van der Waals surface area (Å²) in [6.45, 7) is 16.5. The van der Waals surface area contributed by atoms with E-state index in [1.807, 2.05) is 0 Å². The molecule has 38 heavy (non-hydrogen) atoms. The third-order valence-corrected chi connectivity index (χ3v) is 5.75. The van der Waals surface area contributed by atoms with E-state index in [1.54, 1.807) is 62.3 Å². The van der Waals surface area contributed by atoms with E-state index in [9.17, 15) is 19.2 Å². The number of carbonyl (C=O) groups is 4. The summed E-state index contributed by atoms with van der Waals surface area (Å²) in [5, 5.41) is 3.02. The number of urea groups is 1. The SMILES string of the molecule is CC(C)(C)OC(=O)CCC(CCC(=O)OC(C)(C)C)(CCC(=O)OC(C)(C)C)NC(=O)N1C[C@@H](N)[C@H](N)C1. The highest BCUT2D eigenvalue weighted by Gasteiger charge is 2.39. The summed E-state index contributed by atoms with van der Waals surface area (Å²) in [6.07, 6.45) is 0.346. The van der Waals surface area contributed by atoms with Crippen LogP contribution >= 0.6 is 0 Å². The van der Waals surface area contributed by atoms with Crippen molar-refractivity contribution in [2.45, 2.75) is 135 Å². The van der Waals surface area contributed by atoms with Gasteiger partial charge in [0.2, 0.25) is 0 Å². The molecule has 0 radical (unpaired) electrons. The van der Waals surface area contributed by atoms with Gasteiger partial charge >= 0.3 is 23.9 Å². The first-order chi connectivity index (χ1) is 17.1. The summed E-state index contributed by atoms with van der Waals surface area (Å²) >= 11 is 0. The van der Waals surface area contributed by atoms with Gasteiger partial charge in [-0.2, -0.15) is 0 Å². The van der Waals surface area contributed by atoms with Crippen molar-refractivity contribution in [2.75, 3.05) is 13.1 Å². The Hall–Kier alpha value is -2.40. The number of hydrogen-bond donors (Lipinski definition) is 3. The third kappa shape index (κ3) is 13.4. The summed E-state index contributed by atoms with van der Waals surface area (Å²) < 4.78 is 16.4. The quantitative estimate of drug-likeness (QED) is 0.278. The fourth-order valence-corrected chi connectivity index (χ4v) is 4.09. The molecule has 1 aliphatic heterocycles. The van der Waals surface area contributed by atoms with Crippen LogP contribution in [0.2, 0.25) is 0 Å². The van der Waals surface area contributed by atoms with Crippen LogP contribution in [0.1, 0.15) is 101 Å². The van der Waals surface area contributed by atoms with Crippen molar-refractivity contribution < 1.29 is 33.4 Å². The molecule has 1 rings (SSSR count). The molecule has 0 aliphatic carbocycles. The molecule has 0 spiro atoms. The predicted octanol–water partition coefficient (Wildman–Crippen LogP) is 2.77. The molecule has 0 aromatic heterocycles. The molecule has 0 bridgehead atoms.